The maximum Gasteiger partial charge on any atom is 0.310 e. The summed E-state index contributed by atoms with van der Waals surface area (Å²) >= 11 is 0. The normalized spacial score (nSPS) is 13.9. The van der Waals surface area contributed by atoms with Gasteiger partial charge in [0.25, 0.3) is 17.7 Å². The van der Waals surface area contributed by atoms with Crippen LogP contribution in [0.5, 0.6) is 11.5 Å². The largest absolute Gasteiger partial charge is 0.478 e. The fraction of sp³-hybridized carbons (Fsp3) is 0.122. The zero-order valence-corrected chi connectivity index (χ0v) is 28.8. The standard InChI is InChI=1S/C41H30FN3O7S/c42-29-19-17-26(18-20-29)24-44-25-33-34(41(44)48)38(51-36(27-10-3-1-4-11-27)28-12-5-2-6-13-28)35-32(16-9-21-43-35)37(33)52-53(49,50)23-22-45-39(46)30-14-7-8-15-31(30)40(45)47/h1-21,36H,22-25H2. The van der Waals surface area contributed by atoms with Gasteiger partial charge in [-0.1, -0.05) is 84.9 Å². The summed E-state index contributed by atoms with van der Waals surface area (Å²) in [7, 11) is -4.48. The van der Waals surface area contributed by atoms with E-state index in [9.17, 15) is 27.2 Å². The molecular formula is C41H30FN3O7S. The van der Waals surface area contributed by atoms with Crippen molar-refractivity contribution in [2.75, 3.05) is 12.3 Å². The third-order valence-electron chi connectivity index (χ3n) is 9.30. The van der Waals surface area contributed by atoms with Gasteiger partial charge in [0.05, 0.1) is 23.2 Å². The summed E-state index contributed by atoms with van der Waals surface area (Å²) in [5.74, 6) is -2.73. The second-order valence-corrected chi connectivity index (χ2v) is 14.4. The number of hydrogen-bond acceptors (Lipinski definition) is 8. The molecule has 5 aromatic carbocycles. The Bertz CT molecular complexity index is 2440. The molecule has 0 N–H and O–H groups in total. The molecule has 2 aliphatic rings. The summed E-state index contributed by atoms with van der Waals surface area (Å²) in [6.07, 6.45) is 0.832. The number of nitrogens with zero attached hydrogens (tertiary/aromatic N) is 3. The molecule has 1 aromatic heterocycles. The Kier molecular flexibility index (Phi) is 8.67. The van der Waals surface area contributed by atoms with Gasteiger partial charge in [-0.3, -0.25) is 24.3 Å². The number of carbonyl (C=O) groups is 3. The number of pyridine rings is 1. The van der Waals surface area contributed by atoms with Gasteiger partial charge in [-0.25, -0.2) is 4.39 Å². The van der Waals surface area contributed by atoms with E-state index in [1.807, 2.05) is 60.7 Å². The first-order valence-corrected chi connectivity index (χ1v) is 18.4. The number of rotatable bonds is 11. The molecule has 12 heteroatoms. The highest BCUT2D eigenvalue weighted by atomic mass is 32.2. The molecule has 264 valence electrons. The second kappa shape index (κ2) is 13.6. The van der Waals surface area contributed by atoms with Crippen molar-refractivity contribution in [3.63, 3.8) is 0 Å². The van der Waals surface area contributed by atoms with E-state index in [0.717, 1.165) is 16.0 Å². The van der Waals surface area contributed by atoms with E-state index in [-0.39, 0.29) is 57.7 Å². The molecule has 0 unspecified atom stereocenters. The number of hydrogen-bond donors (Lipinski definition) is 0. The van der Waals surface area contributed by atoms with Gasteiger partial charge in [-0.05, 0) is 53.1 Å². The Morgan fingerprint density at radius 1 is 0.717 bits per heavy atom. The average Bonchev–Trinajstić information content (AvgIpc) is 3.63. The number of amides is 3. The highest BCUT2D eigenvalue weighted by Crippen LogP contribution is 2.47. The number of aromatic nitrogens is 1. The first-order valence-electron chi connectivity index (χ1n) is 16.8. The molecule has 6 aromatic rings. The molecule has 0 fully saturated rings. The van der Waals surface area contributed by atoms with E-state index in [1.54, 1.807) is 36.4 Å². The van der Waals surface area contributed by atoms with Gasteiger partial charge in [-0.2, -0.15) is 8.42 Å². The zero-order chi connectivity index (χ0) is 36.7. The van der Waals surface area contributed by atoms with E-state index in [2.05, 4.69) is 4.98 Å². The Hall–Kier alpha value is -6.40. The maximum atomic E-state index is 14.4. The Morgan fingerprint density at radius 3 is 1.94 bits per heavy atom. The van der Waals surface area contributed by atoms with Crippen LogP contribution in [0.15, 0.2) is 128 Å². The molecule has 3 heterocycles. The van der Waals surface area contributed by atoms with Crippen molar-refractivity contribution in [2.45, 2.75) is 19.2 Å². The van der Waals surface area contributed by atoms with Crippen molar-refractivity contribution < 1.29 is 36.1 Å². The zero-order valence-electron chi connectivity index (χ0n) is 28.0. The maximum absolute atomic E-state index is 14.4. The summed E-state index contributed by atoms with van der Waals surface area (Å²) in [6, 6.07) is 34.2. The summed E-state index contributed by atoms with van der Waals surface area (Å²) in [5.41, 5.74) is 3.21. The van der Waals surface area contributed by atoms with Crippen LogP contribution in [0, 0.1) is 5.82 Å². The van der Waals surface area contributed by atoms with Gasteiger partial charge < -0.3 is 13.8 Å². The van der Waals surface area contributed by atoms with Gasteiger partial charge in [-0.15, -0.1) is 0 Å². The van der Waals surface area contributed by atoms with Gasteiger partial charge in [0, 0.05) is 30.2 Å². The van der Waals surface area contributed by atoms with Crippen LogP contribution in [-0.4, -0.2) is 53.2 Å². The minimum atomic E-state index is -4.48. The molecule has 0 aliphatic carbocycles. The van der Waals surface area contributed by atoms with Crippen molar-refractivity contribution in [1.82, 2.24) is 14.8 Å². The topological polar surface area (TPSA) is 123 Å². The molecule has 0 bridgehead atoms. The minimum absolute atomic E-state index is 0.0582. The van der Waals surface area contributed by atoms with Gasteiger partial charge >= 0.3 is 10.1 Å². The summed E-state index contributed by atoms with van der Waals surface area (Å²) < 4.78 is 54.0. The number of fused-ring (bicyclic) bond motifs is 3. The fourth-order valence-electron chi connectivity index (χ4n) is 6.76. The molecule has 0 saturated heterocycles. The van der Waals surface area contributed by atoms with Crippen LogP contribution < -0.4 is 8.92 Å². The average molecular weight is 728 g/mol. The number of halogens is 1. The summed E-state index contributed by atoms with van der Waals surface area (Å²) in [5, 5.41) is 0.280. The van der Waals surface area contributed by atoms with Crippen LogP contribution in [0.25, 0.3) is 10.9 Å². The number of carbonyl (C=O) groups excluding carboxylic acids is 3. The molecule has 8 rings (SSSR count). The number of ether oxygens (including phenoxy) is 1. The van der Waals surface area contributed by atoms with Crippen molar-refractivity contribution in [3.05, 3.63) is 172 Å². The first-order chi connectivity index (χ1) is 25.7. The molecule has 53 heavy (non-hydrogen) atoms. The number of benzene rings is 5. The van der Waals surface area contributed by atoms with E-state index >= 15 is 0 Å². The van der Waals surface area contributed by atoms with Crippen LogP contribution in [0.4, 0.5) is 4.39 Å². The predicted octanol–water partition coefficient (Wildman–Crippen LogP) is 6.70. The van der Waals surface area contributed by atoms with Crippen molar-refractivity contribution in [2.24, 2.45) is 0 Å². The van der Waals surface area contributed by atoms with E-state index in [4.69, 9.17) is 8.92 Å². The van der Waals surface area contributed by atoms with Gasteiger partial charge in [0.2, 0.25) is 0 Å². The Morgan fingerprint density at radius 2 is 1.32 bits per heavy atom. The lowest BCUT2D eigenvalue weighted by Gasteiger charge is -2.23. The smallest absolute Gasteiger partial charge is 0.310 e. The molecule has 0 radical (unpaired) electrons. The van der Waals surface area contributed by atoms with Crippen molar-refractivity contribution in [1.29, 1.82) is 0 Å². The monoisotopic (exact) mass is 727 g/mol. The molecule has 0 saturated carbocycles. The highest BCUT2D eigenvalue weighted by molar-refractivity contribution is 7.87. The lowest BCUT2D eigenvalue weighted by Crippen LogP contribution is -2.35. The van der Waals surface area contributed by atoms with Crippen LogP contribution in [0.2, 0.25) is 0 Å². The Balaban J connectivity index is 1.21. The van der Waals surface area contributed by atoms with Crippen LogP contribution in [-0.2, 0) is 23.2 Å². The minimum Gasteiger partial charge on any atom is -0.478 e. The van der Waals surface area contributed by atoms with Crippen molar-refractivity contribution in [3.8, 4) is 11.5 Å². The molecular weight excluding hydrogens is 698 g/mol. The predicted molar refractivity (Wildman–Crippen MR) is 193 cm³/mol. The number of imide groups is 1. The molecule has 10 nitrogen and oxygen atoms in total. The van der Waals surface area contributed by atoms with E-state index < -0.39 is 52.1 Å². The highest BCUT2D eigenvalue weighted by Gasteiger charge is 2.40. The van der Waals surface area contributed by atoms with Crippen LogP contribution in [0.1, 0.15) is 59.4 Å². The molecule has 0 spiro atoms. The molecule has 3 amide bonds. The van der Waals surface area contributed by atoms with Crippen LogP contribution in [0.3, 0.4) is 0 Å². The van der Waals surface area contributed by atoms with Gasteiger partial charge in [0.1, 0.15) is 23.2 Å². The van der Waals surface area contributed by atoms with E-state index in [0.29, 0.717) is 5.56 Å². The molecule has 2 aliphatic heterocycles. The third-order valence-corrected chi connectivity index (χ3v) is 10.4. The lowest BCUT2D eigenvalue weighted by atomic mass is 9.99. The second-order valence-electron chi connectivity index (χ2n) is 12.7. The first kappa shape index (κ1) is 33.7. The van der Waals surface area contributed by atoms with Crippen molar-refractivity contribution >= 4 is 38.7 Å². The lowest BCUT2D eigenvalue weighted by molar-refractivity contribution is 0.0662. The van der Waals surface area contributed by atoms with E-state index in [1.165, 1.54) is 35.4 Å². The molecule has 0 atom stereocenters. The quantitative estimate of drug-likeness (QED) is 0.107. The third kappa shape index (κ3) is 6.38. The summed E-state index contributed by atoms with van der Waals surface area (Å²) in [6.45, 7) is -0.416. The van der Waals surface area contributed by atoms with Gasteiger partial charge in [0.15, 0.2) is 11.5 Å². The van der Waals surface area contributed by atoms with Crippen LogP contribution >= 0.6 is 0 Å². The Labute approximate surface area is 304 Å². The SMILES string of the molecule is O=C1c2c(c(OS(=O)(=O)CCN3C(=O)c4ccccc4C3=O)c3cccnc3c2OC(c2ccccc2)c2ccccc2)CN1Cc1ccc(F)cc1. The summed E-state index contributed by atoms with van der Waals surface area (Å²) in [4.78, 5) is 47.3. The fourth-order valence-corrected chi connectivity index (χ4v) is 7.70.